The molecule has 0 aliphatic rings. The molecule has 0 aliphatic heterocycles. The van der Waals surface area contributed by atoms with Crippen LogP contribution in [0.25, 0.3) is 0 Å². The molecule has 0 aliphatic carbocycles. The molecule has 0 saturated carbocycles. The van der Waals surface area contributed by atoms with Crippen LogP contribution < -0.4 is 22.5 Å². The van der Waals surface area contributed by atoms with Crippen LogP contribution in [-0.4, -0.2) is 31.1 Å². The van der Waals surface area contributed by atoms with Crippen LogP contribution in [0.5, 0.6) is 0 Å². The molecule has 7 N–H and O–H groups in total. The molecule has 0 rings (SSSR count). The van der Waals surface area contributed by atoms with Gasteiger partial charge in [0.15, 0.2) is 0 Å². The fraction of sp³-hybridized carbons (Fsp3) is 0.944. The zero-order valence-electron chi connectivity index (χ0n) is 16.5. The number of nitrogens with one attached hydrogen (secondary N) is 1. The fourth-order valence-electron chi connectivity index (χ4n) is 3.13. The van der Waals surface area contributed by atoms with Crippen molar-refractivity contribution in [3.05, 3.63) is 0 Å². The summed E-state index contributed by atoms with van der Waals surface area (Å²) >= 11 is 0. The van der Waals surface area contributed by atoms with Gasteiger partial charge in [0.25, 0.3) is 0 Å². The first-order valence-electron chi connectivity index (χ1n) is 9.55. The molecule has 0 aromatic heterocycles. The van der Waals surface area contributed by atoms with Gasteiger partial charge in [-0.3, -0.25) is 4.79 Å². The van der Waals surface area contributed by atoms with Crippen molar-refractivity contribution in [1.82, 2.24) is 5.32 Å². The van der Waals surface area contributed by atoms with Crippen molar-refractivity contribution in [2.24, 2.45) is 17.2 Å². The fourth-order valence-corrected chi connectivity index (χ4v) is 3.13. The molecule has 0 fully saturated rings. The summed E-state index contributed by atoms with van der Waals surface area (Å²) in [6.07, 6.45) is 12.0. The van der Waals surface area contributed by atoms with Gasteiger partial charge in [-0.25, -0.2) is 0 Å². The third-order valence-electron chi connectivity index (χ3n) is 4.49. The summed E-state index contributed by atoms with van der Waals surface area (Å²) in [7, 11) is 0. The van der Waals surface area contributed by atoms with Gasteiger partial charge in [-0.2, -0.15) is 0 Å². The van der Waals surface area contributed by atoms with Crippen LogP contribution in [0, 0.1) is 0 Å². The average molecular weight is 438 g/mol. The lowest BCUT2D eigenvalue weighted by molar-refractivity contribution is -0.123. The molecule has 8 heteroatoms. The van der Waals surface area contributed by atoms with Gasteiger partial charge in [-0.15, -0.1) is 37.2 Å². The lowest BCUT2D eigenvalue weighted by Gasteiger charge is -2.35. The molecular formula is C18H43Cl3N4O. The summed E-state index contributed by atoms with van der Waals surface area (Å²) in [5.74, 6) is 0.174. The van der Waals surface area contributed by atoms with Crippen LogP contribution in [0.3, 0.4) is 0 Å². The number of carbonyl (C=O) groups is 1. The number of unbranched alkanes of at least 4 members (excludes halogenated alkanes) is 4. The predicted octanol–water partition coefficient (Wildman–Crippen LogP) is 3.68. The molecule has 26 heavy (non-hydrogen) atoms. The van der Waals surface area contributed by atoms with Crippen molar-refractivity contribution >= 4 is 43.1 Å². The number of halogens is 3. The zero-order valence-corrected chi connectivity index (χ0v) is 18.9. The smallest absolute Gasteiger partial charge is 0.220 e. The molecule has 0 aromatic rings. The molecule has 0 spiro atoms. The van der Waals surface area contributed by atoms with Gasteiger partial charge >= 0.3 is 0 Å². The van der Waals surface area contributed by atoms with Crippen molar-refractivity contribution in [2.45, 2.75) is 89.5 Å². The van der Waals surface area contributed by atoms with E-state index in [0.717, 1.165) is 51.4 Å². The Morgan fingerprint density at radius 2 is 1.15 bits per heavy atom. The predicted molar refractivity (Wildman–Crippen MR) is 121 cm³/mol. The Morgan fingerprint density at radius 1 is 0.731 bits per heavy atom. The molecule has 0 bridgehead atoms. The SMILES string of the molecule is CCCCCCCC(=O)NC(CCCN)(CCCN)CCCN.Cl.Cl.Cl. The Labute approximate surface area is 179 Å². The number of rotatable bonds is 16. The molecule has 1 amide bonds. The molecule has 0 saturated heterocycles. The van der Waals surface area contributed by atoms with Gasteiger partial charge in [0.2, 0.25) is 5.91 Å². The molecule has 162 valence electrons. The summed E-state index contributed by atoms with van der Waals surface area (Å²) < 4.78 is 0. The highest BCUT2D eigenvalue weighted by Crippen LogP contribution is 2.25. The molecule has 0 aromatic carbocycles. The Morgan fingerprint density at radius 3 is 1.54 bits per heavy atom. The van der Waals surface area contributed by atoms with E-state index < -0.39 is 0 Å². The maximum atomic E-state index is 12.4. The second kappa shape index (κ2) is 23.3. The van der Waals surface area contributed by atoms with E-state index in [1.807, 2.05) is 0 Å². The minimum absolute atomic E-state index is 0. The van der Waals surface area contributed by atoms with Crippen molar-refractivity contribution in [3.8, 4) is 0 Å². The molecule has 0 atom stereocenters. The van der Waals surface area contributed by atoms with E-state index in [4.69, 9.17) is 17.2 Å². The van der Waals surface area contributed by atoms with Gasteiger partial charge in [0, 0.05) is 12.0 Å². The zero-order chi connectivity index (χ0) is 17.4. The summed E-state index contributed by atoms with van der Waals surface area (Å²) in [6.45, 7) is 4.16. The first-order chi connectivity index (χ1) is 11.1. The highest BCUT2D eigenvalue weighted by atomic mass is 35.5. The van der Waals surface area contributed by atoms with Gasteiger partial charge in [0.1, 0.15) is 0 Å². The number of carbonyl (C=O) groups excluding carboxylic acids is 1. The summed E-state index contributed by atoms with van der Waals surface area (Å²) in [4.78, 5) is 12.4. The highest BCUT2D eigenvalue weighted by Gasteiger charge is 2.29. The van der Waals surface area contributed by atoms with Gasteiger partial charge in [-0.05, 0) is 64.6 Å². The van der Waals surface area contributed by atoms with E-state index in [-0.39, 0.29) is 48.7 Å². The molecular weight excluding hydrogens is 395 g/mol. The summed E-state index contributed by atoms with van der Waals surface area (Å²) in [5.41, 5.74) is 16.9. The minimum Gasteiger partial charge on any atom is -0.351 e. The van der Waals surface area contributed by atoms with Crippen LogP contribution in [0.4, 0.5) is 0 Å². The Bertz CT molecular complexity index is 276. The first-order valence-corrected chi connectivity index (χ1v) is 9.55. The van der Waals surface area contributed by atoms with E-state index in [1.165, 1.54) is 19.3 Å². The van der Waals surface area contributed by atoms with Crippen molar-refractivity contribution in [1.29, 1.82) is 0 Å². The summed E-state index contributed by atoms with van der Waals surface area (Å²) in [5, 5.41) is 3.32. The van der Waals surface area contributed by atoms with Crippen LogP contribution in [0.1, 0.15) is 84.0 Å². The van der Waals surface area contributed by atoms with Gasteiger partial charge in [-0.1, -0.05) is 32.6 Å². The Hall–Kier alpha value is 0.220. The topological polar surface area (TPSA) is 107 Å². The maximum Gasteiger partial charge on any atom is 0.220 e. The highest BCUT2D eigenvalue weighted by molar-refractivity contribution is 5.86. The number of nitrogens with two attached hydrogens (primary N) is 3. The normalized spacial score (nSPS) is 10.3. The third-order valence-corrected chi connectivity index (χ3v) is 4.49. The lowest BCUT2D eigenvalue weighted by atomic mass is 9.83. The Balaban J connectivity index is -0.000000807. The molecule has 0 unspecified atom stereocenters. The third kappa shape index (κ3) is 17.6. The maximum absolute atomic E-state index is 12.4. The molecule has 0 heterocycles. The van der Waals surface area contributed by atoms with Crippen molar-refractivity contribution < 1.29 is 4.79 Å². The second-order valence-electron chi connectivity index (χ2n) is 6.67. The van der Waals surface area contributed by atoms with Crippen molar-refractivity contribution in [2.75, 3.05) is 19.6 Å². The van der Waals surface area contributed by atoms with Crippen LogP contribution >= 0.6 is 37.2 Å². The Kier molecular flexibility index (Phi) is 30.2. The van der Waals surface area contributed by atoms with E-state index in [2.05, 4.69) is 12.2 Å². The van der Waals surface area contributed by atoms with Gasteiger partial charge < -0.3 is 22.5 Å². The van der Waals surface area contributed by atoms with Crippen LogP contribution in [0.2, 0.25) is 0 Å². The van der Waals surface area contributed by atoms with Crippen LogP contribution in [0.15, 0.2) is 0 Å². The standard InChI is InChI=1S/C18H40N4O.3ClH/c1-2-3-4-5-6-10-17(23)22-18(11-7-14-19,12-8-15-20)13-9-16-21;;;/h2-16,19-21H2,1H3,(H,22,23);3*1H. The van der Waals surface area contributed by atoms with E-state index in [9.17, 15) is 4.79 Å². The van der Waals surface area contributed by atoms with Crippen molar-refractivity contribution in [3.63, 3.8) is 0 Å². The van der Waals surface area contributed by atoms with Gasteiger partial charge in [0.05, 0.1) is 0 Å². The average Bonchev–Trinajstić information content (AvgIpc) is 2.56. The quantitative estimate of drug-likeness (QED) is 0.276. The lowest BCUT2D eigenvalue weighted by Crippen LogP contribution is -2.49. The van der Waals surface area contributed by atoms with E-state index in [0.29, 0.717) is 26.1 Å². The number of amides is 1. The minimum atomic E-state index is -0.168. The second-order valence-corrected chi connectivity index (χ2v) is 6.67. The largest absolute Gasteiger partial charge is 0.351 e. The molecule has 0 radical (unpaired) electrons. The molecule has 5 nitrogen and oxygen atoms in total. The summed E-state index contributed by atoms with van der Waals surface area (Å²) in [6, 6.07) is 0. The number of hydrogen-bond acceptors (Lipinski definition) is 4. The van der Waals surface area contributed by atoms with Crippen LogP contribution in [-0.2, 0) is 4.79 Å². The van der Waals surface area contributed by atoms with E-state index >= 15 is 0 Å². The first kappa shape index (κ1) is 33.8. The number of hydrogen-bond donors (Lipinski definition) is 4. The monoisotopic (exact) mass is 436 g/mol. The van der Waals surface area contributed by atoms with E-state index in [1.54, 1.807) is 0 Å².